The minimum atomic E-state index is -0.416. The Balaban J connectivity index is 2.04. The van der Waals surface area contributed by atoms with Gasteiger partial charge in [-0.05, 0) is 42.3 Å². The Bertz CT molecular complexity index is 594. The molecule has 19 heavy (non-hydrogen) atoms. The number of halogens is 1. The molecule has 0 spiro atoms. The number of primary amides is 1. The van der Waals surface area contributed by atoms with E-state index < -0.39 is 5.91 Å². The highest BCUT2D eigenvalue weighted by atomic mass is 35.5. The molecule has 3 nitrogen and oxygen atoms in total. The van der Waals surface area contributed by atoms with Gasteiger partial charge in [-0.25, -0.2) is 0 Å². The van der Waals surface area contributed by atoms with Crippen molar-refractivity contribution in [1.82, 2.24) is 0 Å². The molecule has 2 rings (SSSR count). The zero-order chi connectivity index (χ0) is 13.8. The maximum atomic E-state index is 11.0. The topological polar surface area (TPSA) is 55.1 Å². The number of anilines is 1. The van der Waals surface area contributed by atoms with Crippen LogP contribution in [-0.2, 0) is 6.54 Å². The van der Waals surface area contributed by atoms with Crippen molar-refractivity contribution in [2.75, 3.05) is 5.32 Å². The van der Waals surface area contributed by atoms with Crippen LogP contribution in [0.25, 0.3) is 0 Å². The Kier molecular flexibility index (Phi) is 4.07. The summed E-state index contributed by atoms with van der Waals surface area (Å²) in [5.74, 6) is -0.416. The fraction of sp³-hybridized carbons (Fsp3) is 0.133. The summed E-state index contributed by atoms with van der Waals surface area (Å²) < 4.78 is 0. The van der Waals surface area contributed by atoms with Crippen molar-refractivity contribution in [3.8, 4) is 0 Å². The minimum absolute atomic E-state index is 0.416. The summed E-state index contributed by atoms with van der Waals surface area (Å²) >= 11 is 6.14. The second-order valence-corrected chi connectivity index (χ2v) is 4.81. The lowest BCUT2D eigenvalue weighted by molar-refractivity contribution is 0.100. The van der Waals surface area contributed by atoms with Gasteiger partial charge in [-0.3, -0.25) is 4.79 Å². The molecule has 0 atom stereocenters. The summed E-state index contributed by atoms with van der Waals surface area (Å²) in [7, 11) is 0. The van der Waals surface area contributed by atoms with Crippen molar-refractivity contribution in [2.24, 2.45) is 5.73 Å². The molecule has 0 aliphatic rings. The molecule has 0 aromatic heterocycles. The van der Waals surface area contributed by atoms with Crippen molar-refractivity contribution < 1.29 is 4.79 Å². The van der Waals surface area contributed by atoms with Gasteiger partial charge in [0, 0.05) is 12.1 Å². The van der Waals surface area contributed by atoms with Crippen LogP contribution in [0.3, 0.4) is 0 Å². The number of hydrogen-bond donors (Lipinski definition) is 2. The van der Waals surface area contributed by atoms with Gasteiger partial charge in [0.2, 0.25) is 5.91 Å². The van der Waals surface area contributed by atoms with Gasteiger partial charge < -0.3 is 11.1 Å². The highest BCUT2D eigenvalue weighted by Crippen LogP contribution is 2.23. The van der Waals surface area contributed by atoms with Crippen molar-refractivity contribution in [1.29, 1.82) is 0 Å². The summed E-state index contributed by atoms with van der Waals surface area (Å²) in [6.07, 6.45) is 0. The molecular formula is C15H15ClN2O. The van der Waals surface area contributed by atoms with Crippen molar-refractivity contribution >= 4 is 23.2 Å². The van der Waals surface area contributed by atoms with E-state index in [9.17, 15) is 4.79 Å². The molecule has 0 radical (unpaired) electrons. The number of aryl methyl sites for hydroxylation is 1. The largest absolute Gasteiger partial charge is 0.380 e. The van der Waals surface area contributed by atoms with Crippen LogP contribution in [-0.4, -0.2) is 5.91 Å². The first-order valence-corrected chi connectivity index (χ1v) is 6.33. The van der Waals surface area contributed by atoms with Crippen LogP contribution in [0.15, 0.2) is 42.5 Å². The SMILES string of the molecule is Cc1ccc(NCc2ccc(C(N)=O)cc2)c(Cl)c1. The summed E-state index contributed by atoms with van der Waals surface area (Å²) in [6.45, 7) is 2.64. The first kappa shape index (κ1) is 13.4. The molecule has 98 valence electrons. The molecule has 0 saturated carbocycles. The summed E-state index contributed by atoms with van der Waals surface area (Å²) in [6, 6.07) is 13.1. The summed E-state index contributed by atoms with van der Waals surface area (Å²) in [5, 5.41) is 3.96. The molecule has 0 saturated heterocycles. The van der Waals surface area contributed by atoms with Gasteiger partial charge in [0.25, 0.3) is 0 Å². The molecule has 0 aliphatic heterocycles. The number of benzene rings is 2. The number of nitrogens with two attached hydrogens (primary N) is 1. The third-order valence-electron chi connectivity index (χ3n) is 2.85. The predicted octanol–water partition coefficient (Wildman–Crippen LogP) is 3.36. The Labute approximate surface area is 117 Å². The Hall–Kier alpha value is -2.00. The van der Waals surface area contributed by atoms with E-state index in [1.54, 1.807) is 12.1 Å². The van der Waals surface area contributed by atoms with Crippen LogP contribution < -0.4 is 11.1 Å². The lowest BCUT2D eigenvalue weighted by atomic mass is 10.1. The predicted molar refractivity (Wildman–Crippen MR) is 78.5 cm³/mol. The smallest absolute Gasteiger partial charge is 0.248 e. The van der Waals surface area contributed by atoms with E-state index in [1.165, 1.54) is 0 Å². The fourth-order valence-corrected chi connectivity index (χ4v) is 2.05. The quantitative estimate of drug-likeness (QED) is 0.898. The number of carbonyl (C=O) groups excluding carboxylic acids is 1. The van der Waals surface area contributed by atoms with Crippen molar-refractivity contribution in [3.63, 3.8) is 0 Å². The zero-order valence-electron chi connectivity index (χ0n) is 10.6. The van der Waals surface area contributed by atoms with E-state index in [-0.39, 0.29) is 0 Å². The Morgan fingerprint density at radius 2 is 1.89 bits per heavy atom. The van der Waals surface area contributed by atoms with E-state index in [0.29, 0.717) is 17.1 Å². The molecule has 2 aromatic carbocycles. The maximum Gasteiger partial charge on any atom is 0.248 e. The average molecular weight is 275 g/mol. The monoisotopic (exact) mass is 274 g/mol. The highest BCUT2D eigenvalue weighted by Gasteiger charge is 2.02. The number of hydrogen-bond acceptors (Lipinski definition) is 2. The molecule has 2 aromatic rings. The maximum absolute atomic E-state index is 11.0. The number of amides is 1. The molecule has 0 bridgehead atoms. The molecule has 0 fully saturated rings. The normalized spacial score (nSPS) is 10.2. The van der Waals surface area contributed by atoms with Gasteiger partial charge in [0.05, 0.1) is 10.7 Å². The lowest BCUT2D eigenvalue weighted by Crippen LogP contribution is -2.10. The van der Waals surface area contributed by atoms with Crippen LogP contribution in [0.1, 0.15) is 21.5 Å². The van der Waals surface area contributed by atoms with E-state index >= 15 is 0 Å². The van der Waals surface area contributed by atoms with Gasteiger partial charge >= 0.3 is 0 Å². The average Bonchev–Trinajstić information content (AvgIpc) is 2.38. The molecular weight excluding hydrogens is 260 g/mol. The van der Waals surface area contributed by atoms with Gasteiger partial charge in [-0.1, -0.05) is 29.8 Å². The van der Waals surface area contributed by atoms with Crippen LogP contribution in [0, 0.1) is 6.92 Å². The number of carbonyl (C=O) groups is 1. The van der Waals surface area contributed by atoms with Crippen LogP contribution in [0.2, 0.25) is 5.02 Å². The summed E-state index contributed by atoms with van der Waals surface area (Å²) in [4.78, 5) is 11.0. The third-order valence-corrected chi connectivity index (χ3v) is 3.16. The Morgan fingerprint density at radius 3 is 2.47 bits per heavy atom. The Morgan fingerprint density at radius 1 is 1.21 bits per heavy atom. The van der Waals surface area contributed by atoms with Gasteiger partial charge in [0.15, 0.2) is 0 Å². The van der Waals surface area contributed by atoms with Crippen LogP contribution >= 0.6 is 11.6 Å². The summed E-state index contributed by atoms with van der Waals surface area (Å²) in [5.41, 5.74) is 8.78. The second kappa shape index (κ2) is 5.76. The van der Waals surface area contributed by atoms with E-state index in [4.69, 9.17) is 17.3 Å². The fourth-order valence-electron chi connectivity index (χ4n) is 1.75. The van der Waals surface area contributed by atoms with Crippen LogP contribution in [0.5, 0.6) is 0 Å². The first-order valence-electron chi connectivity index (χ1n) is 5.95. The lowest BCUT2D eigenvalue weighted by Gasteiger charge is -2.09. The standard InChI is InChI=1S/C15H15ClN2O/c1-10-2-7-14(13(16)8-10)18-9-11-3-5-12(6-4-11)15(17)19/h2-8,18H,9H2,1H3,(H2,17,19). The van der Waals surface area contributed by atoms with E-state index in [2.05, 4.69) is 5.32 Å². The first-order chi connectivity index (χ1) is 9.06. The van der Waals surface area contributed by atoms with E-state index in [1.807, 2.05) is 37.3 Å². The van der Waals surface area contributed by atoms with Gasteiger partial charge in [0.1, 0.15) is 0 Å². The molecule has 0 aliphatic carbocycles. The molecule has 4 heteroatoms. The molecule has 0 unspecified atom stereocenters. The van der Waals surface area contributed by atoms with Crippen LogP contribution in [0.4, 0.5) is 5.69 Å². The second-order valence-electron chi connectivity index (χ2n) is 4.40. The van der Waals surface area contributed by atoms with Crippen molar-refractivity contribution in [2.45, 2.75) is 13.5 Å². The third kappa shape index (κ3) is 3.48. The molecule has 0 heterocycles. The zero-order valence-corrected chi connectivity index (χ0v) is 11.4. The van der Waals surface area contributed by atoms with Crippen molar-refractivity contribution in [3.05, 3.63) is 64.2 Å². The van der Waals surface area contributed by atoms with Gasteiger partial charge in [-0.15, -0.1) is 0 Å². The molecule has 3 N–H and O–H groups in total. The minimum Gasteiger partial charge on any atom is -0.380 e. The number of rotatable bonds is 4. The van der Waals surface area contributed by atoms with E-state index in [0.717, 1.165) is 16.8 Å². The number of nitrogens with one attached hydrogen (secondary N) is 1. The highest BCUT2D eigenvalue weighted by molar-refractivity contribution is 6.33. The van der Waals surface area contributed by atoms with Gasteiger partial charge in [-0.2, -0.15) is 0 Å². The molecule has 1 amide bonds.